The molecule has 4 aromatic rings. The van der Waals surface area contributed by atoms with Crippen LogP contribution in [0.15, 0.2) is 62.5 Å². The molecule has 8 heteroatoms. The first-order valence-electron chi connectivity index (χ1n) is 9.45. The van der Waals surface area contributed by atoms with Gasteiger partial charge in [0, 0.05) is 16.5 Å². The van der Waals surface area contributed by atoms with E-state index < -0.39 is 28.6 Å². The Labute approximate surface area is 175 Å². The van der Waals surface area contributed by atoms with E-state index in [2.05, 4.69) is 4.98 Å². The third kappa shape index (κ3) is 3.63. The first-order chi connectivity index (χ1) is 14.9. The van der Waals surface area contributed by atoms with Crippen LogP contribution >= 0.6 is 0 Å². The molecule has 0 unspecified atom stereocenters. The van der Waals surface area contributed by atoms with Crippen LogP contribution in [0, 0.1) is 0 Å². The van der Waals surface area contributed by atoms with Crippen molar-refractivity contribution in [2.24, 2.45) is 0 Å². The molecule has 0 bridgehead atoms. The molecule has 8 nitrogen and oxygen atoms in total. The molecule has 0 aliphatic carbocycles. The quantitative estimate of drug-likeness (QED) is 0.475. The predicted octanol–water partition coefficient (Wildman–Crippen LogP) is 3.04. The van der Waals surface area contributed by atoms with Gasteiger partial charge in [-0.1, -0.05) is 12.1 Å². The second kappa shape index (κ2) is 7.98. The maximum Gasteiger partial charge on any atom is 0.306 e. The third-order valence-electron chi connectivity index (χ3n) is 5.17. The van der Waals surface area contributed by atoms with Crippen LogP contribution in [0.5, 0.6) is 11.5 Å². The fourth-order valence-electron chi connectivity index (χ4n) is 3.57. The van der Waals surface area contributed by atoms with Crippen molar-refractivity contribution in [3.8, 4) is 11.5 Å². The van der Waals surface area contributed by atoms with Crippen LogP contribution in [0.3, 0.4) is 0 Å². The molecule has 0 aliphatic heterocycles. The number of benzene rings is 2. The van der Waals surface area contributed by atoms with E-state index in [1.54, 1.807) is 42.5 Å². The van der Waals surface area contributed by atoms with Crippen molar-refractivity contribution in [1.82, 2.24) is 4.98 Å². The maximum absolute atomic E-state index is 12.9. The Morgan fingerprint density at radius 2 is 1.90 bits per heavy atom. The molecule has 1 atom stereocenters. The summed E-state index contributed by atoms with van der Waals surface area (Å²) in [6, 6.07) is 13.1. The highest BCUT2D eigenvalue weighted by molar-refractivity contribution is 5.82. The van der Waals surface area contributed by atoms with E-state index >= 15 is 0 Å². The highest BCUT2D eigenvalue weighted by Crippen LogP contribution is 2.34. The first-order valence-corrected chi connectivity index (χ1v) is 9.45. The van der Waals surface area contributed by atoms with Crippen molar-refractivity contribution in [2.45, 2.75) is 12.3 Å². The summed E-state index contributed by atoms with van der Waals surface area (Å²) in [5.41, 5.74) is -0.197. The van der Waals surface area contributed by atoms with Crippen LogP contribution in [-0.2, 0) is 9.53 Å². The lowest BCUT2D eigenvalue weighted by Gasteiger charge is -2.17. The van der Waals surface area contributed by atoms with Gasteiger partial charge in [0.1, 0.15) is 11.3 Å². The van der Waals surface area contributed by atoms with Gasteiger partial charge in [-0.05, 0) is 36.4 Å². The summed E-state index contributed by atoms with van der Waals surface area (Å²) < 4.78 is 15.8. The highest BCUT2D eigenvalue weighted by atomic mass is 16.5. The number of hydrogen-bond donors (Lipinski definition) is 2. The Morgan fingerprint density at radius 1 is 1.13 bits per heavy atom. The van der Waals surface area contributed by atoms with E-state index in [-0.39, 0.29) is 28.7 Å². The Morgan fingerprint density at radius 3 is 2.65 bits per heavy atom. The second-order valence-corrected chi connectivity index (χ2v) is 6.98. The van der Waals surface area contributed by atoms with Gasteiger partial charge in [-0.25, -0.2) is 0 Å². The molecule has 0 saturated heterocycles. The fourth-order valence-corrected chi connectivity index (χ4v) is 3.57. The number of rotatable bonds is 5. The molecule has 0 saturated carbocycles. The van der Waals surface area contributed by atoms with Gasteiger partial charge in [-0.3, -0.25) is 14.4 Å². The number of methoxy groups -OCH3 is 2. The molecule has 2 heterocycles. The molecule has 31 heavy (non-hydrogen) atoms. The lowest BCUT2D eigenvalue weighted by Crippen LogP contribution is -2.21. The smallest absolute Gasteiger partial charge is 0.306 e. The lowest BCUT2D eigenvalue weighted by molar-refractivity contribution is -0.140. The topological polar surface area (TPSA) is 119 Å². The van der Waals surface area contributed by atoms with Crippen molar-refractivity contribution in [3.63, 3.8) is 0 Å². The fraction of sp³-hybridized carbons (Fsp3) is 0.174. The Hall–Kier alpha value is -4.07. The maximum atomic E-state index is 12.9. The van der Waals surface area contributed by atoms with Crippen LogP contribution in [0.25, 0.3) is 21.9 Å². The third-order valence-corrected chi connectivity index (χ3v) is 5.17. The first kappa shape index (κ1) is 20.2. The van der Waals surface area contributed by atoms with Gasteiger partial charge in [-0.15, -0.1) is 0 Å². The van der Waals surface area contributed by atoms with E-state index in [1.165, 1.54) is 20.3 Å². The SMILES string of the molecule is COC(=O)C[C@@H](c1oc2ccccc2c(=O)c1O)c1cc2cc(OC)ccc2[nH]c1=O. The number of pyridine rings is 1. The van der Waals surface area contributed by atoms with Gasteiger partial charge in [0.2, 0.25) is 11.2 Å². The summed E-state index contributed by atoms with van der Waals surface area (Å²) >= 11 is 0. The largest absolute Gasteiger partial charge is 0.502 e. The Bertz CT molecular complexity index is 1420. The standard InChI is InChI=1S/C23H19NO7/c1-29-13-7-8-17-12(9-13)10-16(23(28)24-17)15(11-19(25)30-2)22-21(27)20(26)14-5-3-4-6-18(14)31-22/h3-10,15,27H,11H2,1-2H3,(H,24,28)/t15-/m1/s1. The van der Waals surface area contributed by atoms with Crippen LogP contribution in [-0.4, -0.2) is 30.3 Å². The minimum Gasteiger partial charge on any atom is -0.502 e. The normalized spacial score (nSPS) is 12.1. The van der Waals surface area contributed by atoms with Crippen LogP contribution < -0.4 is 15.7 Å². The van der Waals surface area contributed by atoms with E-state index in [0.29, 0.717) is 16.7 Å². The van der Waals surface area contributed by atoms with Crippen molar-refractivity contribution in [3.05, 3.63) is 80.4 Å². The average molecular weight is 421 g/mol. The zero-order chi connectivity index (χ0) is 22.1. The molecule has 0 spiro atoms. The number of aromatic amines is 1. The number of nitrogens with one attached hydrogen (secondary N) is 1. The molecule has 0 radical (unpaired) electrons. The van der Waals surface area contributed by atoms with E-state index in [0.717, 1.165) is 0 Å². The zero-order valence-corrected chi connectivity index (χ0v) is 16.8. The molecule has 2 aromatic carbocycles. The van der Waals surface area contributed by atoms with Crippen molar-refractivity contribution in [2.75, 3.05) is 14.2 Å². The summed E-state index contributed by atoms with van der Waals surface area (Å²) in [6.45, 7) is 0. The summed E-state index contributed by atoms with van der Waals surface area (Å²) in [7, 11) is 2.74. The molecule has 2 N–H and O–H groups in total. The number of H-pyrrole nitrogens is 1. The van der Waals surface area contributed by atoms with Crippen LogP contribution in [0.4, 0.5) is 0 Å². The number of carbonyl (C=O) groups excluding carboxylic acids is 1. The summed E-state index contributed by atoms with van der Waals surface area (Å²) in [5, 5.41) is 11.4. The number of carbonyl (C=O) groups is 1. The number of fused-ring (bicyclic) bond motifs is 2. The minimum atomic E-state index is -1.05. The van der Waals surface area contributed by atoms with Crippen LogP contribution in [0.2, 0.25) is 0 Å². The number of para-hydroxylation sites is 1. The highest BCUT2D eigenvalue weighted by Gasteiger charge is 2.29. The molecule has 0 aliphatic rings. The molecule has 0 fully saturated rings. The summed E-state index contributed by atoms with van der Waals surface area (Å²) in [6.07, 6.45) is -0.316. The molecule has 0 amide bonds. The lowest BCUT2D eigenvalue weighted by atomic mass is 9.92. The van der Waals surface area contributed by atoms with Crippen molar-refractivity contribution >= 4 is 27.8 Å². The monoisotopic (exact) mass is 421 g/mol. The molecular formula is C23H19NO7. The predicted molar refractivity (Wildman–Crippen MR) is 114 cm³/mol. The van der Waals surface area contributed by atoms with E-state index in [9.17, 15) is 19.5 Å². The molecular weight excluding hydrogens is 402 g/mol. The van der Waals surface area contributed by atoms with Gasteiger partial charge in [0.15, 0.2) is 5.76 Å². The minimum absolute atomic E-state index is 0.139. The van der Waals surface area contributed by atoms with Crippen LogP contribution in [0.1, 0.15) is 23.7 Å². The number of aromatic hydroxyl groups is 1. The summed E-state index contributed by atoms with van der Waals surface area (Å²) in [4.78, 5) is 40.5. The average Bonchev–Trinajstić information content (AvgIpc) is 2.79. The summed E-state index contributed by atoms with van der Waals surface area (Å²) in [5.74, 6) is -1.94. The van der Waals surface area contributed by atoms with Gasteiger partial charge < -0.3 is 24.0 Å². The second-order valence-electron chi connectivity index (χ2n) is 6.98. The zero-order valence-electron chi connectivity index (χ0n) is 16.8. The van der Waals surface area contributed by atoms with Crippen molar-refractivity contribution < 1.29 is 23.8 Å². The molecule has 4 rings (SSSR count). The van der Waals surface area contributed by atoms with E-state index in [4.69, 9.17) is 13.9 Å². The van der Waals surface area contributed by atoms with Crippen molar-refractivity contribution in [1.29, 1.82) is 0 Å². The number of aromatic nitrogens is 1. The van der Waals surface area contributed by atoms with Gasteiger partial charge in [-0.2, -0.15) is 0 Å². The van der Waals surface area contributed by atoms with Gasteiger partial charge >= 0.3 is 5.97 Å². The van der Waals surface area contributed by atoms with Gasteiger partial charge in [0.25, 0.3) is 5.56 Å². The van der Waals surface area contributed by atoms with E-state index in [1.807, 2.05) is 0 Å². The number of ether oxygens (including phenoxy) is 2. The number of esters is 1. The Kier molecular flexibility index (Phi) is 5.21. The van der Waals surface area contributed by atoms with Gasteiger partial charge in [0.05, 0.1) is 31.9 Å². The Balaban J connectivity index is 1.98. The molecule has 2 aromatic heterocycles. The number of hydrogen-bond acceptors (Lipinski definition) is 7. The molecule has 158 valence electrons.